The number of methoxy groups -OCH3 is 1. The summed E-state index contributed by atoms with van der Waals surface area (Å²) in [6, 6.07) is 10.8. The summed E-state index contributed by atoms with van der Waals surface area (Å²) in [5.41, 5.74) is 2.88. The van der Waals surface area contributed by atoms with Gasteiger partial charge >= 0.3 is 0 Å². The van der Waals surface area contributed by atoms with E-state index in [0.29, 0.717) is 22.0 Å². The Morgan fingerprint density at radius 1 is 1.24 bits per heavy atom. The van der Waals surface area contributed by atoms with Crippen molar-refractivity contribution in [1.82, 2.24) is 19.8 Å². The van der Waals surface area contributed by atoms with E-state index in [1.165, 1.54) is 18.4 Å². The molecule has 0 radical (unpaired) electrons. The lowest BCUT2D eigenvalue weighted by Crippen LogP contribution is -2.14. The zero-order valence-electron chi connectivity index (χ0n) is 16.1. The maximum atomic E-state index is 12.8. The van der Waals surface area contributed by atoms with E-state index in [0.717, 1.165) is 33.3 Å². The van der Waals surface area contributed by atoms with Crippen molar-refractivity contribution in [3.8, 4) is 16.3 Å². The first-order chi connectivity index (χ1) is 14.0. The van der Waals surface area contributed by atoms with Crippen LogP contribution in [0, 0.1) is 6.92 Å². The van der Waals surface area contributed by atoms with Gasteiger partial charge in [-0.3, -0.25) is 4.79 Å². The molecule has 1 amide bonds. The van der Waals surface area contributed by atoms with Gasteiger partial charge in [-0.25, -0.2) is 0 Å². The minimum Gasteiger partial charge on any atom is -0.496 e. The molecule has 29 heavy (non-hydrogen) atoms. The number of amides is 1. The number of rotatable bonds is 5. The van der Waals surface area contributed by atoms with Crippen molar-refractivity contribution >= 4 is 39.5 Å². The molecule has 0 aliphatic carbocycles. The van der Waals surface area contributed by atoms with Crippen LogP contribution >= 0.6 is 22.9 Å². The fraction of sp³-hybridized carbons (Fsp3) is 0.200. The number of hydrogen-bond donors (Lipinski definition) is 1. The van der Waals surface area contributed by atoms with Crippen LogP contribution in [0.4, 0.5) is 5.69 Å². The zero-order valence-corrected chi connectivity index (χ0v) is 17.6. The number of nitrogens with one attached hydrogen (secondary N) is 1. The van der Waals surface area contributed by atoms with Crippen molar-refractivity contribution in [3.05, 3.63) is 58.4 Å². The number of hydrogen-bond acceptors (Lipinski definition) is 6. The fourth-order valence-corrected chi connectivity index (χ4v) is 3.96. The molecular formula is C20H18ClN5O2S. The molecule has 4 aromatic rings. The fourth-order valence-electron chi connectivity index (χ4n) is 2.93. The topological polar surface area (TPSA) is 81.4 Å². The first-order valence-electron chi connectivity index (χ1n) is 8.97. The van der Waals surface area contributed by atoms with Gasteiger partial charge in [0.2, 0.25) is 4.96 Å². The summed E-state index contributed by atoms with van der Waals surface area (Å²) < 4.78 is 7.04. The highest BCUT2D eigenvalue weighted by atomic mass is 35.5. The van der Waals surface area contributed by atoms with Gasteiger partial charge in [-0.15, -0.1) is 10.2 Å². The van der Waals surface area contributed by atoms with Crippen molar-refractivity contribution in [2.45, 2.75) is 20.3 Å². The monoisotopic (exact) mass is 427 g/mol. The molecule has 2 aromatic carbocycles. The van der Waals surface area contributed by atoms with Crippen molar-refractivity contribution in [2.75, 3.05) is 12.4 Å². The highest BCUT2D eigenvalue weighted by molar-refractivity contribution is 7.19. The Morgan fingerprint density at radius 3 is 2.83 bits per heavy atom. The number of aromatic nitrogens is 4. The highest BCUT2D eigenvalue weighted by Gasteiger charge is 2.16. The smallest absolute Gasteiger partial charge is 0.259 e. The van der Waals surface area contributed by atoms with E-state index in [2.05, 4.69) is 20.6 Å². The van der Waals surface area contributed by atoms with Crippen molar-refractivity contribution in [2.24, 2.45) is 0 Å². The molecule has 0 aliphatic rings. The third kappa shape index (κ3) is 3.68. The van der Waals surface area contributed by atoms with Gasteiger partial charge in [-0.2, -0.15) is 9.61 Å². The Labute approximate surface area is 176 Å². The predicted molar refractivity (Wildman–Crippen MR) is 114 cm³/mol. The van der Waals surface area contributed by atoms with E-state index in [1.807, 2.05) is 32.0 Å². The van der Waals surface area contributed by atoms with Crippen LogP contribution in [-0.2, 0) is 6.42 Å². The second-order valence-electron chi connectivity index (χ2n) is 6.40. The second kappa shape index (κ2) is 7.81. The molecule has 0 atom stereocenters. The number of aryl methyl sites for hydroxylation is 2. The molecule has 4 rings (SSSR count). The van der Waals surface area contributed by atoms with E-state index < -0.39 is 0 Å². The van der Waals surface area contributed by atoms with E-state index in [4.69, 9.17) is 16.3 Å². The molecule has 0 saturated heterocycles. The summed E-state index contributed by atoms with van der Waals surface area (Å²) in [5, 5.41) is 17.1. The normalized spacial score (nSPS) is 11.0. The van der Waals surface area contributed by atoms with Crippen molar-refractivity contribution in [3.63, 3.8) is 0 Å². The molecule has 2 aromatic heterocycles. The molecule has 0 spiro atoms. The first-order valence-corrected chi connectivity index (χ1v) is 10.2. The largest absolute Gasteiger partial charge is 0.496 e. The van der Waals surface area contributed by atoms with E-state index in [9.17, 15) is 4.79 Å². The minimum atomic E-state index is -0.295. The van der Waals surface area contributed by atoms with E-state index in [1.54, 1.807) is 22.7 Å². The zero-order chi connectivity index (χ0) is 20.5. The van der Waals surface area contributed by atoms with Crippen LogP contribution in [0.15, 0.2) is 36.4 Å². The first kappa shape index (κ1) is 19.4. The molecule has 0 unspecified atom stereocenters. The van der Waals surface area contributed by atoms with Crippen LogP contribution in [0.3, 0.4) is 0 Å². The highest BCUT2D eigenvalue weighted by Crippen LogP contribution is 2.30. The summed E-state index contributed by atoms with van der Waals surface area (Å²) >= 11 is 7.51. The lowest BCUT2D eigenvalue weighted by Gasteiger charge is -2.12. The molecule has 0 saturated carbocycles. The van der Waals surface area contributed by atoms with Crippen molar-refractivity contribution < 1.29 is 9.53 Å². The molecule has 0 aliphatic heterocycles. The number of carbonyl (C=O) groups excluding carboxylic acids is 1. The summed E-state index contributed by atoms with van der Waals surface area (Å²) in [6.45, 7) is 3.95. The van der Waals surface area contributed by atoms with Crippen LogP contribution in [-0.4, -0.2) is 32.8 Å². The van der Waals surface area contributed by atoms with Gasteiger partial charge in [0, 0.05) is 22.7 Å². The Morgan fingerprint density at radius 2 is 2.07 bits per heavy atom. The number of ether oxygens (including phenoxy) is 1. The van der Waals surface area contributed by atoms with Crippen LogP contribution in [0.2, 0.25) is 5.02 Å². The van der Waals surface area contributed by atoms with Gasteiger partial charge in [0.25, 0.3) is 5.91 Å². The van der Waals surface area contributed by atoms with Gasteiger partial charge in [0.05, 0.1) is 12.7 Å². The second-order valence-corrected chi connectivity index (χ2v) is 7.79. The number of fused-ring (bicyclic) bond motifs is 1. The Hall–Kier alpha value is -2.97. The molecule has 1 N–H and O–H groups in total. The molecule has 0 bridgehead atoms. The number of nitrogens with zero attached hydrogens (tertiary/aromatic N) is 4. The summed E-state index contributed by atoms with van der Waals surface area (Å²) in [7, 11) is 1.52. The lowest BCUT2D eigenvalue weighted by molar-refractivity contribution is 0.102. The average molecular weight is 428 g/mol. The maximum Gasteiger partial charge on any atom is 0.259 e. The molecule has 7 nitrogen and oxygen atoms in total. The molecule has 148 valence electrons. The van der Waals surface area contributed by atoms with Crippen molar-refractivity contribution in [1.29, 1.82) is 0 Å². The van der Waals surface area contributed by atoms with Gasteiger partial charge in [-0.05, 0) is 36.8 Å². The number of benzene rings is 2. The number of anilines is 1. The number of carbonyl (C=O) groups is 1. The molecular weight excluding hydrogens is 410 g/mol. The Balaban J connectivity index is 1.67. The van der Waals surface area contributed by atoms with Crippen LogP contribution in [0.5, 0.6) is 5.75 Å². The lowest BCUT2D eigenvalue weighted by atomic mass is 10.1. The van der Waals surface area contributed by atoms with Gasteiger partial charge < -0.3 is 10.1 Å². The Kier molecular flexibility index (Phi) is 5.21. The number of halogens is 1. The van der Waals surface area contributed by atoms with E-state index in [-0.39, 0.29) is 5.91 Å². The van der Waals surface area contributed by atoms with Gasteiger partial charge in [-0.1, -0.05) is 42.0 Å². The quantitative estimate of drug-likeness (QED) is 0.501. The van der Waals surface area contributed by atoms with Crippen LogP contribution < -0.4 is 10.1 Å². The van der Waals surface area contributed by atoms with Gasteiger partial charge in [0.1, 0.15) is 10.8 Å². The average Bonchev–Trinajstić information content (AvgIpc) is 3.30. The minimum absolute atomic E-state index is 0.295. The third-order valence-electron chi connectivity index (χ3n) is 4.51. The maximum absolute atomic E-state index is 12.8. The van der Waals surface area contributed by atoms with Crippen LogP contribution in [0.1, 0.15) is 28.7 Å². The van der Waals surface area contributed by atoms with Crippen LogP contribution in [0.25, 0.3) is 15.5 Å². The predicted octanol–water partition coefficient (Wildman–Crippen LogP) is 4.64. The summed E-state index contributed by atoms with van der Waals surface area (Å²) in [6.07, 6.45) is 0.751. The standard InChI is InChI=1S/C20H18ClN5O2S/c1-4-17-23-24-20-26(17)25-19(29-20)12-6-5-11(2)15(9-12)22-18(27)14-10-13(21)7-8-16(14)28-3/h5-10H,4H2,1-3H3,(H,22,27). The molecule has 9 heteroatoms. The molecule has 0 fully saturated rings. The summed E-state index contributed by atoms with van der Waals surface area (Å²) in [4.78, 5) is 13.6. The summed E-state index contributed by atoms with van der Waals surface area (Å²) in [5.74, 6) is 0.980. The SMILES string of the molecule is CCc1nnc2sc(-c3ccc(C)c(NC(=O)c4cc(Cl)ccc4OC)c3)nn12. The third-order valence-corrected chi connectivity index (χ3v) is 5.69. The van der Waals surface area contributed by atoms with Gasteiger partial charge in [0.15, 0.2) is 5.82 Å². The molecule has 2 heterocycles. The van der Waals surface area contributed by atoms with E-state index >= 15 is 0 Å². The Bertz CT molecular complexity index is 1220.